The first-order valence-corrected chi connectivity index (χ1v) is 4.07. The number of hydrogen-bond donors (Lipinski definition) is 1. The molecule has 1 N–H and O–H groups in total. The molecule has 0 aromatic carbocycles. The van der Waals surface area contributed by atoms with Crippen molar-refractivity contribution < 1.29 is 5.11 Å². The van der Waals surface area contributed by atoms with Crippen molar-refractivity contribution in [2.24, 2.45) is 0 Å². The standard InChI is InChI=1S/C10H18O/c1-4-5-6-7-8-9-10(2,3)11/h4,8-9,11H,1,5-7H2,2-3H3/b9-8+. The molecule has 0 heterocycles. The van der Waals surface area contributed by atoms with Gasteiger partial charge in [0, 0.05) is 0 Å². The average molecular weight is 154 g/mol. The fourth-order valence-electron chi connectivity index (χ4n) is 0.752. The molecule has 0 rings (SSSR count). The molecule has 0 bridgehead atoms. The van der Waals surface area contributed by atoms with Crippen LogP contribution in [0.25, 0.3) is 0 Å². The quantitative estimate of drug-likeness (QED) is 0.477. The molecule has 0 spiro atoms. The topological polar surface area (TPSA) is 20.2 Å². The van der Waals surface area contributed by atoms with Crippen molar-refractivity contribution in [2.75, 3.05) is 0 Å². The van der Waals surface area contributed by atoms with Crippen LogP contribution in [0.1, 0.15) is 33.1 Å². The Morgan fingerprint density at radius 1 is 1.36 bits per heavy atom. The number of aliphatic hydroxyl groups is 1. The molecule has 0 aliphatic rings. The Bertz CT molecular complexity index is 128. The summed E-state index contributed by atoms with van der Waals surface area (Å²) in [6, 6.07) is 0. The van der Waals surface area contributed by atoms with Crippen molar-refractivity contribution >= 4 is 0 Å². The highest BCUT2D eigenvalue weighted by molar-refractivity contribution is 4.95. The Morgan fingerprint density at radius 2 is 2.00 bits per heavy atom. The Hall–Kier alpha value is -0.560. The summed E-state index contributed by atoms with van der Waals surface area (Å²) in [5.74, 6) is 0. The smallest absolute Gasteiger partial charge is 0.0771 e. The first-order valence-electron chi connectivity index (χ1n) is 4.07. The first-order chi connectivity index (χ1) is 5.06. The van der Waals surface area contributed by atoms with E-state index in [0.717, 1.165) is 19.3 Å². The zero-order valence-corrected chi connectivity index (χ0v) is 7.51. The van der Waals surface area contributed by atoms with Crippen molar-refractivity contribution in [1.82, 2.24) is 0 Å². The molecule has 0 aromatic heterocycles. The van der Waals surface area contributed by atoms with Crippen LogP contribution in [0.3, 0.4) is 0 Å². The van der Waals surface area contributed by atoms with E-state index in [1.165, 1.54) is 0 Å². The SMILES string of the molecule is C=CCCC/C=C/C(C)(C)O. The van der Waals surface area contributed by atoms with Crippen LogP contribution in [0, 0.1) is 0 Å². The molecule has 64 valence electrons. The molecule has 0 unspecified atom stereocenters. The molecule has 0 saturated carbocycles. The highest BCUT2D eigenvalue weighted by atomic mass is 16.3. The normalized spacial score (nSPS) is 12.3. The van der Waals surface area contributed by atoms with E-state index >= 15 is 0 Å². The lowest BCUT2D eigenvalue weighted by Gasteiger charge is -2.09. The second-order valence-electron chi connectivity index (χ2n) is 3.28. The Morgan fingerprint density at radius 3 is 2.45 bits per heavy atom. The van der Waals surface area contributed by atoms with Crippen molar-refractivity contribution in [1.29, 1.82) is 0 Å². The summed E-state index contributed by atoms with van der Waals surface area (Å²) in [5.41, 5.74) is -0.659. The third kappa shape index (κ3) is 9.44. The second-order valence-corrected chi connectivity index (χ2v) is 3.28. The Kier molecular flexibility index (Phi) is 4.88. The molecule has 0 fully saturated rings. The van der Waals surface area contributed by atoms with Crippen LogP contribution < -0.4 is 0 Å². The summed E-state index contributed by atoms with van der Waals surface area (Å²) in [4.78, 5) is 0. The zero-order valence-electron chi connectivity index (χ0n) is 7.51. The Labute approximate surface area is 69.4 Å². The molecular weight excluding hydrogens is 136 g/mol. The molecule has 0 aliphatic carbocycles. The molecule has 0 saturated heterocycles. The van der Waals surface area contributed by atoms with Crippen LogP contribution in [0.5, 0.6) is 0 Å². The highest BCUT2D eigenvalue weighted by Gasteiger charge is 2.04. The maximum absolute atomic E-state index is 9.27. The molecule has 0 aliphatic heterocycles. The number of allylic oxidation sites excluding steroid dienone is 2. The Balaban J connectivity index is 3.37. The molecule has 1 nitrogen and oxygen atoms in total. The summed E-state index contributed by atoms with van der Waals surface area (Å²) in [7, 11) is 0. The molecule has 0 amide bonds. The fraction of sp³-hybridized carbons (Fsp3) is 0.600. The number of rotatable bonds is 5. The monoisotopic (exact) mass is 154 g/mol. The van der Waals surface area contributed by atoms with Crippen LogP contribution in [0.4, 0.5) is 0 Å². The van der Waals surface area contributed by atoms with E-state index < -0.39 is 5.60 Å². The molecule has 0 aromatic rings. The highest BCUT2D eigenvalue weighted by Crippen LogP contribution is 2.05. The van der Waals surface area contributed by atoms with Crippen LogP contribution in [-0.2, 0) is 0 Å². The first kappa shape index (κ1) is 10.4. The molecular formula is C10H18O. The van der Waals surface area contributed by atoms with Gasteiger partial charge >= 0.3 is 0 Å². The van der Waals surface area contributed by atoms with Gasteiger partial charge in [-0.1, -0.05) is 18.2 Å². The van der Waals surface area contributed by atoms with Crippen molar-refractivity contribution in [3.63, 3.8) is 0 Å². The van der Waals surface area contributed by atoms with Gasteiger partial charge in [0.1, 0.15) is 0 Å². The van der Waals surface area contributed by atoms with E-state index in [0.29, 0.717) is 0 Å². The van der Waals surface area contributed by atoms with Crippen LogP contribution in [-0.4, -0.2) is 10.7 Å². The van der Waals surface area contributed by atoms with E-state index in [-0.39, 0.29) is 0 Å². The summed E-state index contributed by atoms with van der Waals surface area (Å²) >= 11 is 0. The number of hydrogen-bond acceptors (Lipinski definition) is 1. The van der Waals surface area contributed by atoms with Gasteiger partial charge in [0.2, 0.25) is 0 Å². The predicted octanol–water partition coefficient (Wildman–Crippen LogP) is 2.67. The van der Waals surface area contributed by atoms with Crippen LogP contribution in [0.15, 0.2) is 24.8 Å². The molecule has 0 atom stereocenters. The maximum atomic E-state index is 9.27. The van der Waals surface area contributed by atoms with Gasteiger partial charge in [-0.05, 0) is 33.1 Å². The second kappa shape index (κ2) is 5.14. The maximum Gasteiger partial charge on any atom is 0.0771 e. The van der Waals surface area contributed by atoms with Crippen molar-refractivity contribution in [2.45, 2.75) is 38.7 Å². The predicted molar refractivity (Wildman–Crippen MR) is 49.5 cm³/mol. The lowest BCUT2D eigenvalue weighted by atomic mass is 10.1. The van der Waals surface area contributed by atoms with Gasteiger partial charge in [-0.3, -0.25) is 0 Å². The third-order valence-corrected chi connectivity index (χ3v) is 1.30. The van der Waals surface area contributed by atoms with Crippen LogP contribution in [0.2, 0.25) is 0 Å². The van der Waals surface area contributed by atoms with E-state index in [4.69, 9.17) is 0 Å². The van der Waals surface area contributed by atoms with Gasteiger partial charge in [-0.25, -0.2) is 0 Å². The lowest BCUT2D eigenvalue weighted by Crippen LogP contribution is -2.13. The summed E-state index contributed by atoms with van der Waals surface area (Å²) in [6.07, 6.45) is 8.96. The fourth-order valence-corrected chi connectivity index (χ4v) is 0.752. The van der Waals surface area contributed by atoms with Gasteiger partial charge in [-0.2, -0.15) is 0 Å². The minimum absolute atomic E-state index is 0.659. The van der Waals surface area contributed by atoms with E-state index in [2.05, 4.69) is 6.58 Å². The van der Waals surface area contributed by atoms with Gasteiger partial charge in [0.25, 0.3) is 0 Å². The van der Waals surface area contributed by atoms with E-state index in [1.807, 2.05) is 18.2 Å². The minimum atomic E-state index is -0.659. The van der Waals surface area contributed by atoms with Gasteiger partial charge in [0.05, 0.1) is 5.60 Å². The summed E-state index contributed by atoms with van der Waals surface area (Å²) in [5, 5.41) is 9.27. The van der Waals surface area contributed by atoms with Crippen LogP contribution >= 0.6 is 0 Å². The molecule has 1 heteroatoms. The third-order valence-electron chi connectivity index (χ3n) is 1.30. The number of unbranched alkanes of at least 4 members (excludes halogenated alkanes) is 2. The van der Waals surface area contributed by atoms with Crippen molar-refractivity contribution in [3.8, 4) is 0 Å². The van der Waals surface area contributed by atoms with E-state index in [1.54, 1.807) is 13.8 Å². The molecule has 0 radical (unpaired) electrons. The van der Waals surface area contributed by atoms with Gasteiger partial charge in [-0.15, -0.1) is 6.58 Å². The van der Waals surface area contributed by atoms with Gasteiger partial charge in [0.15, 0.2) is 0 Å². The summed E-state index contributed by atoms with van der Waals surface area (Å²) in [6.45, 7) is 7.18. The summed E-state index contributed by atoms with van der Waals surface area (Å²) < 4.78 is 0. The van der Waals surface area contributed by atoms with E-state index in [9.17, 15) is 5.11 Å². The molecule has 11 heavy (non-hydrogen) atoms. The average Bonchev–Trinajstić information content (AvgIpc) is 1.85. The van der Waals surface area contributed by atoms with Crippen molar-refractivity contribution in [3.05, 3.63) is 24.8 Å². The largest absolute Gasteiger partial charge is 0.386 e. The minimum Gasteiger partial charge on any atom is -0.386 e. The lowest BCUT2D eigenvalue weighted by molar-refractivity contribution is 0.133. The van der Waals surface area contributed by atoms with Gasteiger partial charge < -0.3 is 5.11 Å². The zero-order chi connectivity index (χ0) is 8.74.